The van der Waals surface area contributed by atoms with Crippen LogP contribution in [0.4, 0.5) is 0 Å². The largest absolute Gasteiger partial charge is 0.493 e. The third-order valence-electron chi connectivity index (χ3n) is 4.41. The Balaban J connectivity index is 1.77. The minimum atomic E-state index is -0.133. The number of nitrogens with two attached hydrogens (primary N) is 1. The molecule has 0 bridgehead atoms. The van der Waals surface area contributed by atoms with Gasteiger partial charge in [-0.1, -0.05) is 48.5 Å². The molecule has 108 valence electrons. The molecule has 3 atom stereocenters. The molecule has 4 nitrogen and oxygen atoms in total. The quantitative estimate of drug-likeness (QED) is 0.786. The number of nitrogens with one attached hydrogen (secondary N) is 2. The fraction of sp³-hybridized carbons (Fsp3) is 0.294. The number of hydrogen-bond acceptors (Lipinski definition) is 4. The predicted molar refractivity (Wildman–Crippen MR) is 81.8 cm³/mol. The Labute approximate surface area is 124 Å². The van der Waals surface area contributed by atoms with E-state index in [0.717, 1.165) is 18.8 Å². The van der Waals surface area contributed by atoms with Gasteiger partial charge < -0.3 is 10.5 Å². The summed E-state index contributed by atoms with van der Waals surface area (Å²) in [6.45, 7) is 0.769. The summed E-state index contributed by atoms with van der Waals surface area (Å²) in [5, 5.41) is 0. The van der Waals surface area contributed by atoms with Crippen LogP contribution < -0.4 is 21.3 Å². The number of hydrazine groups is 1. The molecule has 4 N–H and O–H groups in total. The van der Waals surface area contributed by atoms with E-state index in [0.29, 0.717) is 0 Å². The van der Waals surface area contributed by atoms with Crippen molar-refractivity contribution in [2.45, 2.75) is 24.5 Å². The van der Waals surface area contributed by atoms with Gasteiger partial charge in [-0.25, -0.2) is 10.9 Å². The summed E-state index contributed by atoms with van der Waals surface area (Å²) in [5.41, 5.74) is 16.5. The molecule has 1 saturated heterocycles. The molecule has 0 aromatic heterocycles. The monoisotopic (exact) mass is 281 g/mol. The lowest BCUT2D eigenvalue weighted by molar-refractivity contribution is 0.348. The minimum Gasteiger partial charge on any atom is -0.493 e. The molecule has 2 aromatic carbocycles. The van der Waals surface area contributed by atoms with Gasteiger partial charge in [-0.15, -0.1) is 0 Å². The summed E-state index contributed by atoms with van der Waals surface area (Å²) in [6.07, 6.45) is 0.855. The van der Waals surface area contributed by atoms with Crippen LogP contribution in [0.5, 0.6) is 5.75 Å². The van der Waals surface area contributed by atoms with E-state index >= 15 is 0 Å². The highest BCUT2D eigenvalue weighted by Crippen LogP contribution is 2.42. The lowest BCUT2D eigenvalue weighted by Gasteiger charge is -2.23. The van der Waals surface area contributed by atoms with Crippen LogP contribution in [-0.4, -0.2) is 12.8 Å². The second-order valence-electron chi connectivity index (χ2n) is 5.66. The van der Waals surface area contributed by atoms with E-state index in [2.05, 4.69) is 53.3 Å². The van der Waals surface area contributed by atoms with E-state index in [1.54, 1.807) is 0 Å². The Morgan fingerprint density at radius 1 is 1.00 bits per heavy atom. The molecule has 2 aliphatic heterocycles. The van der Waals surface area contributed by atoms with Crippen molar-refractivity contribution in [1.29, 1.82) is 0 Å². The van der Waals surface area contributed by atoms with Crippen molar-refractivity contribution in [3.05, 3.63) is 65.2 Å². The van der Waals surface area contributed by atoms with Crippen LogP contribution in [0.2, 0.25) is 0 Å². The Morgan fingerprint density at radius 3 is 2.71 bits per heavy atom. The van der Waals surface area contributed by atoms with E-state index in [1.165, 1.54) is 16.7 Å². The molecule has 3 unspecified atom stereocenters. The fourth-order valence-corrected chi connectivity index (χ4v) is 3.40. The summed E-state index contributed by atoms with van der Waals surface area (Å²) >= 11 is 0. The van der Waals surface area contributed by atoms with Crippen molar-refractivity contribution < 1.29 is 4.74 Å². The number of benzene rings is 2. The SMILES string of the molecule is NC1NNC(c2ccccc2)C1c1cccc2c1OCC2. The maximum absolute atomic E-state index is 6.30. The maximum atomic E-state index is 6.30. The first-order chi connectivity index (χ1) is 10.3. The van der Waals surface area contributed by atoms with Crippen LogP contribution in [0.3, 0.4) is 0 Å². The molecule has 2 aliphatic rings. The molecule has 0 aliphatic carbocycles. The van der Waals surface area contributed by atoms with Gasteiger partial charge in [0.05, 0.1) is 18.8 Å². The molecule has 2 heterocycles. The summed E-state index contributed by atoms with van der Waals surface area (Å²) in [6, 6.07) is 17.0. The molecule has 2 aromatic rings. The van der Waals surface area contributed by atoms with Gasteiger partial charge in [0.1, 0.15) is 5.75 Å². The summed E-state index contributed by atoms with van der Waals surface area (Å²) in [7, 11) is 0. The molecule has 0 saturated carbocycles. The topological polar surface area (TPSA) is 59.3 Å². The highest BCUT2D eigenvalue weighted by molar-refractivity contribution is 5.48. The van der Waals surface area contributed by atoms with Crippen LogP contribution in [0.1, 0.15) is 28.7 Å². The zero-order valence-electron chi connectivity index (χ0n) is 11.8. The molecular formula is C17H19N3O. The minimum absolute atomic E-state index is 0.133. The number of rotatable bonds is 2. The maximum Gasteiger partial charge on any atom is 0.126 e. The molecule has 4 heteroatoms. The van der Waals surface area contributed by atoms with Gasteiger partial charge in [0, 0.05) is 17.9 Å². The van der Waals surface area contributed by atoms with E-state index in [4.69, 9.17) is 10.5 Å². The van der Waals surface area contributed by atoms with Crippen LogP contribution in [0.25, 0.3) is 0 Å². The predicted octanol–water partition coefficient (Wildman–Crippen LogP) is 1.84. The van der Waals surface area contributed by atoms with Gasteiger partial charge in [-0.05, 0) is 11.1 Å². The average Bonchev–Trinajstić information content (AvgIpc) is 3.14. The standard InChI is InChI=1S/C17H19N3O/c18-17-14(13-8-4-7-12-9-10-21-16(12)13)15(19-20-17)11-5-2-1-3-6-11/h1-8,14-15,17,19-20H,9-10,18H2. The fourth-order valence-electron chi connectivity index (χ4n) is 3.40. The zero-order valence-corrected chi connectivity index (χ0v) is 11.8. The van der Waals surface area contributed by atoms with Crippen LogP contribution in [0.15, 0.2) is 48.5 Å². The first-order valence-corrected chi connectivity index (χ1v) is 7.41. The van der Waals surface area contributed by atoms with E-state index in [1.807, 2.05) is 6.07 Å². The van der Waals surface area contributed by atoms with Crippen molar-refractivity contribution in [3.63, 3.8) is 0 Å². The summed E-state index contributed by atoms with van der Waals surface area (Å²) in [5.74, 6) is 1.19. The van der Waals surface area contributed by atoms with Gasteiger partial charge in [-0.3, -0.25) is 0 Å². The Morgan fingerprint density at radius 2 is 1.86 bits per heavy atom. The van der Waals surface area contributed by atoms with Crippen LogP contribution >= 0.6 is 0 Å². The molecule has 1 fully saturated rings. The Bertz CT molecular complexity index is 644. The zero-order chi connectivity index (χ0) is 14.2. The van der Waals surface area contributed by atoms with Crippen molar-refractivity contribution in [2.24, 2.45) is 5.73 Å². The molecular weight excluding hydrogens is 262 g/mol. The van der Waals surface area contributed by atoms with Crippen molar-refractivity contribution in [2.75, 3.05) is 6.61 Å². The van der Waals surface area contributed by atoms with E-state index < -0.39 is 0 Å². The normalized spacial score (nSPS) is 27.4. The second kappa shape index (κ2) is 5.15. The van der Waals surface area contributed by atoms with Crippen molar-refractivity contribution in [1.82, 2.24) is 10.9 Å². The second-order valence-corrected chi connectivity index (χ2v) is 5.66. The van der Waals surface area contributed by atoms with Crippen LogP contribution in [-0.2, 0) is 6.42 Å². The number of ether oxygens (including phenoxy) is 1. The summed E-state index contributed by atoms with van der Waals surface area (Å²) < 4.78 is 5.86. The van der Waals surface area contributed by atoms with Gasteiger partial charge in [0.15, 0.2) is 0 Å². The van der Waals surface area contributed by atoms with Crippen LogP contribution in [0, 0.1) is 0 Å². The molecule has 21 heavy (non-hydrogen) atoms. The summed E-state index contributed by atoms with van der Waals surface area (Å²) in [4.78, 5) is 0. The van der Waals surface area contributed by atoms with Gasteiger partial charge in [0.2, 0.25) is 0 Å². The van der Waals surface area contributed by atoms with Gasteiger partial charge in [0.25, 0.3) is 0 Å². The average molecular weight is 281 g/mol. The lowest BCUT2D eigenvalue weighted by atomic mass is 9.85. The Kier molecular flexibility index (Phi) is 3.15. The highest BCUT2D eigenvalue weighted by Gasteiger charge is 2.38. The molecule has 0 amide bonds. The number of fused-ring (bicyclic) bond motifs is 1. The lowest BCUT2D eigenvalue weighted by Crippen LogP contribution is -2.38. The molecule has 4 rings (SSSR count). The van der Waals surface area contributed by atoms with Crippen molar-refractivity contribution >= 4 is 0 Å². The third-order valence-corrected chi connectivity index (χ3v) is 4.41. The smallest absolute Gasteiger partial charge is 0.126 e. The number of hydrogen-bond donors (Lipinski definition) is 3. The van der Waals surface area contributed by atoms with Gasteiger partial charge in [-0.2, -0.15) is 0 Å². The highest BCUT2D eigenvalue weighted by atomic mass is 16.5. The van der Waals surface area contributed by atoms with Crippen molar-refractivity contribution in [3.8, 4) is 5.75 Å². The number of para-hydroxylation sites is 1. The molecule has 0 spiro atoms. The Hall–Kier alpha value is -1.88. The first-order valence-electron chi connectivity index (χ1n) is 7.41. The first kappa shape index (κ1) is 12.8. The van der Waals surface area contributed by atoms with Gasteiger partial charge >= 0.3 is 0 Å². The molecule has 0 radical (unpaired) electrons. The van der Waals surface area contributed by atoms with E-state index in [9.17, 15) is 0 Å². The van der Waals surface area contributed by atoms with E-state index in [-0.39, 0.29) is 18.1 Å². The third kappa shape index (κ3) is 2.12.